The molecule has 1 heterocycles. The Kier molecular flexibility index (Phi) is 4.19. The number of hydrogen-bond acceptors (Lipinski definition) is 2. The summed E-state index contributed by atoms with van der Waals surface area (Å²) in [6, 6.07) is 4.88. The minimum atomic E-state index is -0.522. The highest BCUT2D eigenvalue weighted by Crippen LogP contribution is 2.30. The normalized spacial score (nSPS) is 13.8. The molecular weight excluding hydrogens is 344 g/mol. The standard InChI is InChI=1S/C15H14BrF2NS/c16-12-4-5-13(17)11(15(12)18)8-19-7-10-6-9-2-1-3-14(9)20-10/h4-6,19H,1-3,7-8H2. The summed E-state index contributed by atoms with van der Waals surface area (Å²) in [5.41, 5.74) is 1.54. The van der Waals surface area contributed by atoms with E-state index in [-0.39, 0.29) is 12.1 Å². The Morgan fingerprint density at radius 2 is 2.05 bits per heavy atom. The van der Waals surface area contributed by atoms with E-state index in [1.807, 2.05) is 11.3 Å². The van der Waals surface area contributed by atoms with Crippen molar-refractivity contribution >= 4 is 27.3 Å². The fraction of sp³-hybridized carbons (Fsp3) is 0.333. The lowest BCUT2D eigenvalue weighted by molar-refractivity contribution is 0.532. The molecule has 20 heavy (non-hydrogen) atoms. The summed E-state index contributed by atoms with van der Waals surface area (Å²) in [7, 11) is 0. The summed E-state index contributed by atoms with van der Waals surface area (Å²) in [5.74, 6) is -1.03. The van der Waals surface area contributed by atoms with Gasteiger partial charge in [0.2, 0.25) is 0 Å². The molecule has 1 N–H and O–H groups in total. The van der Waals surface area contributed by atoms with Gasteiger partial charge < -0.3 is 5.32 Å². The lowest BCUT2D eigenvalue weighted by Gasteiger charge is -2.07. The Balaban J connectivity index is 1.64. The maximum Gasteiger partial charge on any atom is 0.144 e. The largest absolute Gasteiger partial charge is 0.308 e. The lowest BCUT2D eigenvalue weighted by atomic mass is 10.2. The molecule has 0 fully saturated rings. The van der Waals surface area contributed by atoms with Gasteiger partial charge in [-0.15, -0.1) is 11.3 Å². The first-order chi connectivity index (χ1) is 9.65. The molecule has 106 valence electrons. The fourth-order valence-electron chi connectivity index (χ4n) is 2.52. The fourth-order valence-corrected chi connectivity index (χ4v) is 4.12. The molecule has 0 atom stereocenters. The Labute approximate surface area is 129 Å². The summed E-state index contributed by atoms with van der Waals surface area (Å²) in [6.45, 7) is 0.850. The molecule has 5 heteroatoms. The van der Waals surface area contributed by atoms with Crippen molar-refractivity contribution in [3.8, 4) is 0 Å². The van der Waals surface area contributed by atoms with Gasteiger partial charge in [0, 0.05) is 28.4 Å². The van der Waals surface area contributed by atoms with Gasteiger partial charge in [-0.1, -0.05) is 0 Å². The number of nitrogens with one attached hydrogen (secondary N) is 1. The van der Waals surface area contributed by atoms with Crippen LogP contribution in [-0.4, -0.2) is 0 Å². The highest BCUT2D eigenvalue weighted by molar-refractivity contribution is 9.10. The predicted molar refractivity (Wildman–Crippen MR) is 80.9 cm³/mol. The third kappa shape index (κ3) is 2.80. The molecule has 1 aromatic carbocycles. The van der Waals surface area contributed by atoms with E-state index in [1.54, 1.807) is 0 Å². The van der Waals surface area contributed by atoms with Crippen LogP contribution in [0.25, 0.3) is 0 Å². The quantitative estimate of drug-likeness (QED) is 0.790. The van der Waals surface area contributed by atoms with Crippen molar-refractivity contribution in [2.45, 2.75) is 32.4 Å². The minimum absolute atomic E-state index is 0.0865. The van der Waals surface area contributed by atoms with Crippen LogP contribution in [0.15, 0.2) is 22.7 Å². The molecule has 0 saturated heterocycles. The van der Waals surface area contributed by atoms with E-state index < -0.39 is 11.6 Å². The number of aryl methyl sites for hydroxylation is 2. The molecule has 0 radical (unpaired) electrons. The molecule has 1 nitrogen and oxygen atoms in total. The number of thiophene rings is 1. The van der Waals surface area contributed by atoms with E-state index in [9.17, 15) is 8.78 Å². The second kappa shape index (κ2) is 5.92. The highest BCUT2D eigenvalue weighted by atomic mass is 79.9. The van der Waals surface area contributed by atoms with Crippen molar-refractivity contribution in [3.05, 3.63) is 55.2 Å². The van der Waals surface area contributed by atoms with E-state index >= 15 is 0 Å². The molecule has 1 aromatic heterocycles. The Hall–Kier alpha value is -0.780. The number of benzene rings is 1. The van der Waals surface area contributed by atoms with Crippen molar-refractivity contribution < 1.29 is 8.78 Å². The first-order valence-corrected chi connectivity index (χ1v) is 8.19. The van der Waals surface area contributed by atoms with Crippen LogP contribution < -0.4 is 5.32 Å². The Morgan fingerprint density at radius 3 is 2.85 bits per heavy atom. The zero-order chi connectivity index (χ0) is 14.1. The van der Waals surface area contributed by atoms with Crippen LogP contribution in [0.3, 0.4) is 0 Å². The van der Waals surface area contributed by atoms with Crippen molar-refractivity contribution in [2.24, 2.45) is 0 Å². The smallest absolute Gasteiger partial charge is 0.144 e. The van der Waals surface area contributed by atoms with E-state index in [0.717, 1.165) is 0 Å². The average Bonchev–Trinajstić information content (AvgIpc) is 2.99. The summed E-state index contributed by atoms with van der Waals surface area (Å²) in [5, 5.41) is 3.13. The molecule has 0 amide bonds. The van der Waals surface area contributed by atoms with E-state index in [2.05, 4.69) is 27.3 Å². The topological polar surface area (TPSA) is 12.0 Å². The summed E-state index contributed by atoms with van der Waals surface area (Å²) in [6.07, 6.45) is 3.60. The van der Waals surface area contributed by atoms with Crippen LogP contribution in [0.1, 0.15) is 27.3 Å². The van der Waals surface area contributed by atoms with Crippen LogP contribution >= 0.6 is 27.3 Å². The van der Waals surface area contributed by atoms with E-state index in [4.69, 9.17) is 0 Å². The SMILES string of the molecule is Fc1ccc(Br)c(F)c1CNCc1cc2c(s1)CCC2. The van der Waals surface area contributed by atoms with Crippen LogP contribution in [-0.2, 0) is 25.9 Å². The van der Waals surface area contributed by atoms with Gasteiger partial charge in [0.15, 0.2) is 0 Å². The first kappa shape index (κ1) is 14.2. The highest BCUT2D eigenvalue weighted by Gasteiger charge is 2.15. The van der Waals surface area contributed by atoms with Gasteiger partial charge in [0.1, 0.15) is 11.6 Å². The van der Waals surface area contributed by atoms with Crippen LogP contribution in [0.5, 0.6) is 0 Å². The van der Waals surface area contributed by atoms with Crippen LogP contribution in [0.4, 0.5) is 8.78 Å². The van der Waals surface area contributed by atoms with E-state index in [1.165, 1.54) is 46.7 Å². The van der Waals surface area contributed by atoms with Crippen molar-refractivity contribution in [3.63, 3.8) is 0 Å². The Bertz CT molecular complexity index is 618. The van der Waals surface area contributed by atoms with Crippen molar-refractivity contribution in [1.29, 1.82) is 0 Å². The molecule has 0 saturated carbocycles. The van der Waals surface area contributed by atoms with Gasteiger partial charge in [0.05, 0.1) is 4.47 Å². The van der Waals surface area contributed by atoms with Gasteiger partial charge in [-0.25, -0.2) is 8.78 Å². The third-order valence-corrected chi connectivity index (χ3v) is 5.39. The van der Waals surface area contributed by atoms with Crippen molar-refractivity contribution in [1.82, 2.24) is 5.32 Å². The summed E-state index contributed by atoms with van der Waals surface area (Å²) >= 11 is 4.89. The second-order valence-corrected chi connectivity index (χ2v) is 7.02. The number of fused-ring (bicyclic) bond motifs is 1. The molecule has 1 aliphatic rings. The maximum atomic E-state index is 13.8. The number of hydrogen-bond donors (Lipinski definition) is 1. The molecule has 3 rings (SSSR count). The summed E-state index contributed by atoms with van der Waals surface area (Å²) < 4.78 is 27.7. The molecule has 0 unspecified atom stereocenters. The molecular formula is C15H14BrF2NS. The molecule has 0 spiro atoms. The van der Waals surface area contributed by atoms with E-state index in [0.29, 0.717) is 11.0 Å². The van der Waals surface area contributed by atoms with Gasteiger partial charge in [-0.2, -0.15) is 0 Å². The molecule has 2 aromatic rings. The molecule has 1 aliphatic carbocycles. The Morgan fingerprint density at radius 1 is 1.20 bits per heavy atom. The average molecular weight is 358 g/mol. The lowest BCUT2D eigenvalue weighted by Crippen LogP contribution is -2.14. The first-order valence-electron chi connectivity index (χ1n) is 6.58. The minimum Gasteiger partial charge on any atom is -0.308 e. The maximum absolute atomic E-state index is 13.8. The van der Waals surface area contributed by atoms with Gasteiger partial charge in [-0.05, 0) is 59.0 Å². The second-order valence-electron chi connectivity index (χ2n) is 4.94. The van der Waals surface area contributed by atoms with Gasteiger partial charge in [-0.3, -0.25) is 0 Å². The van der Waals surface area contributed by atoms with Crippen LogP contribution in [0.2, 0.25) is 0 Å². The molecule has 0 bridgehead atoms. The third-order valence-electron chi connectivity index (χ3n) is 3.54. The molecule has 0 aliphatic heterocycles. The van der Waals surface area contributed by atoms with Crippen molar-refractivity contribution in [2.75, 3.05) is 0 Å². The zero-order valence-corrected chi connectivity index (χ0v) is 13.2. The zero-order valence-electron chi connectivity index (χ0n) is 10.8. The summed E-state index contributed by atoms with van der Waals surface area (Å²) in [4.78, 5) is 2.71. The van der Waals surface area contributed by atoms with Crippen LogP contribution in [0, 0.1) is 11.6 Å². The number of halogens is 3. The number of rotatable bonds is 4. The van der Waals surface area contributed by atoms with Gasteiger partial charge >= 0.3 is 0 Å². The predicted octanol–water partition coefficient (Wildman–Crippen LogP) is 4.57. The van der Waals surface area contributed by atoms with Gasteiger partial charge in [0.25, 0.3) is 0 Å². The monoisotopic (exact) mass is 357 g/mol.